The van der Waals surface area contributed by atoms with Crippen LogP contribution in [-0.2, 0) is 4.79 Å². The van der Waals surface area contributed by atoms with Gasteiger partial charge in [0.15, 0.2) is 0 Å². The Morgan fingerprint density at radius 1 is 1.18 bits per heavy atom. The average molecular weight is 367 g/mol. The molecule has 1 aliphatic carbocycles. The summed E-state index contributed by atoms with van der Waals surface area (Å²) in [7, 11) is 4.25. The summed E-state index contributed by atoms with van der Waals surface area (Å²) in [4.78, 5) is 17.5. The first-order valence-corrected chi connectivity index (χ1v) is 9.13. The number of hydrogen-bond donors (Lipinski definition) is 0. The lowest BCUT2D eigenvalue weighted by atomic mass is 9.98. The summed E-state index contributed by atoms with van der Waals surface area (Å²) < 4.78 is 0. The van der Waals surface area contributed by atoms with E-state index in [1.807, 2.05) is 25.1 Å². The van der Waals surface area contributed by atoms with Gasteiger partial charge in [-0.15, -0.1) is 0 Å². The number of alkyl halides is 1. The highest BCUT2D eigenvalue weighted by molar-refractivity contribution is 9.09. The molecular formula is C18H27BrN2O. The number of rotatable bonds is 4. The van der Waals surface area contributed by atoms with Gasteiger partial charge in [0.2, 0.25) is 5.91 Å². The molecule has 0 radical (unpaired) electrons. The molecule has 3 nitrogen and oxygen atoms in total. The van der Waals surface area contributed by atoms with Crippen LogP contribution in [0.4, 0.5) is 5.69 Å². The molecule has 0 bridgehead atoms. The zero-order valence-electron chi connectivity index (χ0n) is 13.8. The third kappa shape index (κ3) is 4.11. The smallest absolute Gasteiger partial charge is 0.227 e. The molecule has 22 heavy (non-hydrogen) atoms. The zero-order valence-corrected chi connectivity index (χ0v) is 15.4. The van der Waals surface area contributed by atoms with Crippen LogP contribution in [0, 0.1) is 0 Å². The minimum atomic E-state index is 0.219. The largest absolute Gasteiger partial charge is 0.308 e. The summed E-state index contributed by atoms with van der Waals surface area (Å²) >= 11 is 3.80. The molecule has 0 N–H and O–H groups in total. The van der Waals surface area contributed by atoms with E-state index in [-0.39, 0.29) is 11.9 Å². The van der Waals surface area contributed by atoms with Crippen LogP contribution in [0.25, 0.3) is 0 Å². The van der Waals surface area contributed by atoms with E-state index in [0.717, 1.165) is 24.9 Å². The molecule has 1 saturated carbocycles. The van der Waals surface area contributed by atoms with Crippen molar-refractivity contribution in [1.29, 1.82) is 0 Å². The Balaban J connectivity index is 2.37. The number of likely N-dealkylation sites (N-methyl/N-ethyl adjacent to an activating group) is 1. The molecular weight excluding hydrogens is 340 g/mol. The van der Waals surface area contributed by atoms with Crippen molar-refractivity contribution >= 4 is 27.5 Å². The van der Waals surface area contributed by atoms with Gasteiger partial charge in [0, 0.05) is 23.0 Å². The fraction of sp³-hybridized carbons (Fsp3) is 0.611. The highest BCUT2D eigenvalue weighted by Gasteiger charge is 2.35. The molecule has 0 aliphatic heterocycles. The van der Waals surface area contributed by atoms with E-state index >= 15 is 0 Å². The molecule has 0 saturated heterocycles. The number of anilines is 1. The summed E-state index contributed by atoms with van der Waals surface area (Å²) in [6.07, 6.45) is 5.03. The summed E-state index contributed by atoms with van der Waals surface area (Å²) in [6.45, 7) is 1.95. The lowest BCUT2D eigenvalue weighted by Crippen LogP contribution is -2.52. The fourth-order valence-corrected chi connectivity index (χ4v) is 4.12. The summed E-state index contributed by atoms with van der Waals surface area (Å²) in [5, 5.41) is 0. The Hall–Kier alpha value is -0.870. The van der Waals surface area contributed by atoms with E-state index < -0.39 is 0 Å². The maximum absolute atomic E-state index is 12.7. The van der Waals surface area contributed by atoms with E-state index in [4.69, 9.17) is 0 Å². The third-order valence-electron chi connectivity index (χ3n) is 4.56. The average Bonchev–Trinajstić information content (AvgIpc) is 2.70. The number of hydrogen-bond acceptors (Lipinski definition) is 2. The third-order valence-corrected chi connectivity index (χ3v) is 5.39. The van der Waals surface area contributed by atoms with Crippen LogP contribution in [0.1, 0.15) is 39.0 Å². The number of benzene rings is 1. The molecule has 3 atom stereocenters. The molecule has 0 spiro atoms. The molecule has 122 valence electrons. The summed E-state index contributed by atoms with van der Waals surface area (Å²) in [5.41, 5.74) is 1.03. The molecule has 2 rings (SSSR count). The maximum Gasteiger partial charge on any atom is 0.227 e. The number of amides is 1. The number of para-hydroxylation sites is 1. The number of carbonyl (C=O) groups excluding carboxylic acids is 1. The lowest BCUT2D eigenvalue weighted by Gasteiger charge is -2.39. The van der Waals surface area contributed by atoms with Gasteiger partial charge in [-0.1, -0.05) is 47.5 Å². The van der Waals surface area contributed by atoms with Crippen LogP contribution in [-0.4, -0.2) is 41.8 Å². The quantitative estimate of drug-likeness (QED) is 0.592. The first-order chi connectivity index (χ1) is 10.5. The van der Waals surface area contributed by atoms with E-state index in [1.54, 1.807) is 0 Å². The predicted molar refractivity (Wildman–Crippen MR) is 96.7 cm³/mol. The Kier molecular flexibility index (Phi) is 6.45. The van der Waals surface area contributed by atoms with E-state index in [9.17, 15) is 4.79 Å². The van der Waals surface area contributed by atoms with E-state index in [0.29, 0.717) is 17.3 Å². The van der Waals surface area contributed by atoms with Crippen molar-refractivity contribution in [3.05, 3.63) is 30.3 Å². The second kappa shape index (κ2) is 8.11. The van der Waals surface area contributed by atoms with Crippen LogP contribution in [0.5, 0.6) is 0 Å². The summed E-state index contributed by atoms with van der Waals surface area (Å²) in [6, 6.07) is 10.8. The van der Waals surface area contributed by atoms with Crippen LogP contribution >= 0.6 is 15.9 Å². The first kappa shape index (κ1) is 17.5. The number of carbonyl (C=O) groups is 1. The Labute approximate surface area is 142 Å². The molecule has 1 fully saturated rings. The second-order valence-electron chi connectivity index (χ2n) is 6.32. The van der Waals surface area contributed by atoms with Gasteiger partial charge in [-0.2, -0.15) is 0 Å². The van der Waals surface area contributed by atoms with E-state index in [2.05, 4.69) is 52.0 Å². The van der Waals surface area contributed by atoms with Crippen molar-refractivity contribution in [3.63, 3.8) is 0 Å². The van der Waals surface area contributed by atoms with Gasteiger partial charge >= 0.3 is 0 Å². The number of halogens is 1. The SMILES string of the molecule is CCC(=O)N(c1ccccc1)[C@@H]1CCCC(Br)C[C@H]1N(C)C. The van der Waals surface area contributed by atoms with Crippen LogP contribution < -0.4 is 4.90 Å². The van der Waals surface area contributed by atoms with Gasteiger partial charge < -0.3 is 9.80 Å². The molecule has 1 aromatic rings. The Bertz CT molecular complexity index is 477. The molecule has 0 aromatic heterocycles. The zero-order chi connectivity index (χ0) is 16.1. The molecule has 1 aromatic carbocycles. The number of nitrogens with zero attached hydrogens (tertiary/aromatic N) is 2. The second-order valence-corrected chi connectivity index (χ2v) is 7.61. The van der Waals surface area contributed by atoms with Gasteiger partial charge in [0.05, 0.1) is 6.04 Å². The van der Waals surface area contributed by atoms with Crippen LogP contribution in [0.2, 0.25) is 0 Å². The molecule has 1 unspecified atom stereocenters. The molecule has 1 aliphatic rings. The molecule has 0 heterocycles. The van der Waals surface area contributed by atoms with Gasteiger partial charge in [-0.3, -0.25) is 4.79 Å². The standard InChI is InChI=1S/C18H27BrN2O/c1-4-18(22)21(15-10-6-5-7-11-15)16-12-8-9-14(19)13-17(16)20(2)3/h5-7,10-11,14,16-17H,4,8-9,12-13H2,1-3H3/t14?,16-,17-/m1/s1. The van der Waals surface area contributed by atoms with Crippen molar-refractivity contribution in [2.45, 2.75) is 55.9 Å². The topological polar surface area (TPSA) is 23.6 Å². The molecule has 4 heteroatoms. The van der Waals surface area contributed by atoms with Gasteiger partial charge in [-0.05, 0) is 45.5 Å². The monoisotopic (exact) mass is 366 g/mol. The predicted octanol–water partition coefficient (Wildman–Crippen LogP) is 4.07. The normalized spacial score (nSPS) is 25.8. The van der Waals surface area contributed by atoms with Crippen molar-refractivity contribution in [2.75, 3.05) is 19.0 Å². The van der Waals surface area contributed by atoms with Crippen molar-refractivity contribution < 1.29 is 4.79 Å². The summed E-state index contributed by atoms with van der Waals surface area (Å²) in [5.74, 6) is 0.219. The lowest BCUT2D eigenvalue weighted by molar-refractivity contribution is -0.119. The van der Waals surface area contributed by atoms with Gasteiger partial charge in [0.1, 0.15) is 0 Å². The maximum atomic E-state index is 12.7. The van der Waals surface area contributed by atoms with Crippen molar-refractivity contribution in [1.82, 2.24) is 4.90 Å². The highest BCUT2D eigenvalue weighted by atomic mass is 79.9. The van der Waals surface area contributed by atoms with Crippen molar-refractivity contribution in [2.24, 2.45) is 0 Å². The van der Waals surface area contributed by atoms with Crippen LogP contribution in [0.3, 0.4) is 0 Å². The fourth-order valence-electron chi connectivity index (χ4n) is 3.41. The van der Waals surface area contributed by atoms with Crippen LogP contribution in [0.15, 0.2) is 30.3 Å². The van der Waals surface area contributed by atoms with Gasteiger partial charge in [-0.25, -0.2) is 0 Å². The minimum absolute atomic E-state index is 0.219. The Morgan fingerprint density at radius 3 is 2.45 bits per heavy atom. The minimum Gasteiger partial charge on any atom is -0.308 e. The first-order valence-electron chi connectivity index (χ1n) is 8.22. The molecule has 1 amide bonds. The van der Waals surface area contributed by atoms with Gasteiger partial charge in [0.25, 0.3) is 0 Å². The Morgan fingerprint density at radius 2 is 1.86 bits per heavy atom. The van der Waals surface area contributed by atoms with E-state index in [1.165, 1.54) is 6.42 Å². The highest BCUT2D eigenvalue weighted by Crippen LogP contribution is 2.32. The van der Waals surface area contributed by atoms with Crippen molar-refractivity contribution in [3.8, 4) is 0 Å².